The number of hydrogen-bond donors (Lipinski definition) is 0. The van der Waals surface area contributed by atoms with E-state index in [1.165, 1.54) is 103 Å². The summed E-state index contributed by atoms with van der Waals surface area (Å²) < 4.78 is 9.45. The maximum absolute atomic E-state index is 6.74. The molecular formula is C60H44OS. The van der Waals surface area contributed by atoms with Crippen molar-refractivity contribution in [3.8, 4) is 33.8 Å². The van der Waals surface area contributed by atoms with Gasteiger partial charge < -0.3 is 4.74 Å². The molecule has 2 heterocycles. The van der Waals surface area contributed by atoms with Gasteiger partial charge in [0.25, 0.3) is 0 Å². The molecule has 13 rings (SSSR count). The molecule has 1 unspecified atom stereocenters. The molecule has 0 saturated carbocycles. The molecule has 2 heteroatoms. The van der Waals surface area contributed by atoms with Gasteiger partial charge in [-0.15, -0.1) is 11.3 Å². The van der Waals surface area contributed by atoms with Crippen LogP contribution in [0.5, 0.6) is 11.5 Å². The third-order valence-electron chi connectivity index (χ3n) is 14.9. The lowest BCUT2D eigenvalue weighted by molar-refractivity contribution is 0.436. The molecule has 0 radical (unpaired) electrons. The number of benzene rings is 9. The van der Waals surface area contributed by atoms with Gasteiger partial charge in [0.15, 0.2) is 0 Å². The maximum atomic E-state index is 6.74. The van der Waals surface area contributed by atoms with E-state index < -0.39 is 5.41 Å². The van der Waals surface area contributed by atoms with Gasteiger partial charge in [-0.3, -0.25) is 0 Å². The molecule has 1 aromatic heterocycles. The Kier molecular flexibility index (Phi) is 7.62. The SMILES string of the molecule is C[C@@H](c1ccc2c(c1)sc1ccccc12)C(Cc1ccc2c(c1)C1(c3ccccc3Oc3ccccc31)c1ccc3ccccc3c1-2)c1ccc2c(c1)C(C)(C)c1ccccc1-2. The Bertz CT molecular complexity index is 3450. The van der Waals surface area contributed by atoms with Gasteiger partial charge in [0, 0.05) is 36.7 Å². The summed E-state index contributed by atoms with van der Waals surface area (Å²) in [6.45, 7) is 7.27. The molecule has 0 fully saturated rings. The highest BCUT2D eigenvalue weighted by Gasteiger charge is 2.51. The number of rotatable bonds is 5. The van der Waals surface area contributed by atoms with Gasteiger partial charge in [0.05, 0.1) is 5.41 Å². The number of para-hydroxylation sites is 2. The van der Waals surface area contributed by atoms with Crippen molar-refractivity contribution < 1.29 is 4.74 Å². The minimum atomic E-state index is -0.535. The highest BCUT2D eigenvalue weighted by molar-refractivity contribution is 7.25. The summed E-state index contributed by atoms with van der Waals surface area (Å²) in [5, 5.41) is 5.25. The van der Waals surface area contributed by atoms with E-state index in [1.54, 1.807) is 0 Å². The van der Waals surface area contributed by atoms with E-state index in [-0.39, 0.29) is 17.3 Å². The normalized spacial score (nSPS) is 15.7. The summed E-state index contributed by atoms with van der Waals surface area (Å²) >= 11 is 1.91. The predicted molar refractivity (Wildman–Crippen MR) is 260 cm³/mol. The zero-order valence-corrected chi connectivity index (χ0v) is 35.9. The number of fused-ring (bicyclic) bond motifs is 17. The molecule has 3 aliphatic rings. The second-order valence-corrected chi connectivity index (χ2v) is 19.4. The number of thiophene rings is 1. The summed E-state index contributed by atoms with van der Waals surface area (Å²) in [6, 6.07) is 71.1. The summed E-state index contributed by atoms with van der Waals surface area (Å²) in [4.78, 5) is 0. The van der Waals surface area contributed by atoms with Gasteiger partial charge in [-0.1, -0.05) is 185 Å². The van der Waals surface area contributed by atoms with Crippen LogP contribution in [0.3, 0.4) is 0 Å². The van der Waals surface area contributed by atoms with Crippen LogP contribution < -0.4 is 4.74 Å². The highest BCUT2D eigenvalue weighted by atomic mass is 32.1. The molecule has 2 atom stereocenters. The van der Waals surface area contributed by atoms with Crippen molar-refractivity contribution in [3.63, 3.8) is 0 Å². The summed E-state index contributed by atoms with van der Waals surface area (Å²) in [5.74, 6) is 2.32. The van der Waals surface area contributed by atoms with Crippen LogP contribution in [-0.2, 0) is 17.3 Å². The molecule has 2 aliphatic carbocycles. The van der Waals surface area contributed by atoms with Crippen LogP contribution in [0.15, 0.2) is 188 Å². The maximum Gasteiger partial charge on any atom is 0.132 e. The Morgan fingerprint density at radius 3 is 1.94 bits per heavy atom. The van der Waals surface area contributed by atoms with Gasteiger partial charge in [0.1, 0.15) is 11.5 Å². The first-order chi connectivity index (χ1) is 30.4. The largest absolute Gasteiger partial charge is 0.457 e. The third-order valence-corrected chi connectivity index (χ3v) is 16.0. The van der Waals surface area contributed by atoms with E-state index in [0.29, 0.717) is 0 Å². The van der Waals surface area contributed by atoms with Crippen molar-refractivity contribution >= 4 is 42.3 Å². The van der Waals surface area contributed by atoms with E-state index in [9.17, 15) is 0 Å². The van der Waals surface area contributed by atoms with Crippen molar-refractivity contribution in [2.75, 3.05) is 0 Å². The van der Waals surface area contributed by atoms with Crippen LogP contribution in [0, 0.1) is 0 Å². The fourth-order valence-electron chi connectivity index (χ4n) is 11.9. The van der Waals surface area contributed by atoms with Crippen molar-refractivity contribution in [2.24, 2.45) is 0 Å². The first kappa shape index (κ1) is 36.0. The van der Waals surface area contributed by atoms with Crippen molar-refractivity contribution in [2.45, 2.75) is 49.9 Å². The minimum Gasteiger partial charge on any atom is -0.457 e. The monoisotopic (exact) mass is 812 g/mol. The van der Waals surface area contributed by atoms with Crippen LogP contribution >= 0.6 is 11.3 Å². The van der Waals surface area contributed by atoms with E-state index in [0.717, 1.165) is 17.9 Å². The van der Waals surface area contributed by atoms with Crippen LogP contribution in [0.1, 0.15) is 82.7 Å². The van der Waals surface area contributed by atoms with Crippen LogP contribution in [0.4, 0.5) is 0 Å². The van der Waals surface area contributed by atoms with Crippen LogP contribution in [0.25, 0.3) is 53.2 Å². The number of hydrogen-bond acceptors (Lipinski definition) is 2. The molecule has 10 aromatic rings. The summed E-state index contributed by atoms with van der Waals surface area (Å²) in [7, 11) is 0. The lowest BCUT2D eigenvalue weighted by Crippen LogP contribution is -2.32. The summed E-state index contributed by atoms with van der Waals surface area (Å²) in [6.07, 6.45) is 0.901. The highest BCUT2D eigenvalue weighted by Crippen LogP contribution is 2.63. The number of ether oxygens (including phenoxy) is 1. The Morgan fingerprint density at radius 1 is 0.468 bits per heavy atom. The van der Waals surface area contributed by atoms with Crippen molar-refractivity contribution in [1.29, 1.82) is 0 Å². The zero-order chi connectivity index (χ0) is 41.3. The van der Waals surface area contributed by atoms with Gasteiger partial charge >= 0.3 is 0 Å². The van der Waals surface area contributed by atoms with Crippen molar-refractivity contribution in [1.82, 2.24) is 0 Å². The fourth-order valence-corrected chi connectivity index (χ4v) is 13.0. The lowest BCUT2D eigenvalue weighted by Gasteiger charge is -2.39. The summed E-state index contributed by atoms with van der Waals surface area (Å²) in [5.41, 5.74) is 16.8. The quantitative estimate of drug-likeness (QED) is 0.168. The second-order valence-electron chi connectivity index (χ2n) is 18.4. The fraction of sp³-hybridized carbons (Fsp3) is 0.133. The predicted octanol–water partition coefficient (Wildman–Crippen LogP) is 16.1. The van der Waals surface area contributed by atoms with Gasteiger partial charge in [-0.25, -0.2) is 0 Å². The molecule has 0 saturated heterocycles. The molecule has 296 valence electrons. The van der Waals surface area contributed by atoms with Gasteiger partial charge in [-0.2, -0.15) is 0 Å². The lowest BCUT2D eigenvalue weighted by atomic mass is 9.65. The van der Waals surface area contributed by atoms with Gasteiger partial charge in [-0.05, 0) is 114 Å². The molecule has 0 amide bonds. The van der Waals surface area contributed by atoms with E-state index in [1.807, 2.05) is 11.3 Å². The Labute approximate surface area is 366 Å². The molecule has 9 aromatic carbocycles. The van der Waals surface area contributed by atoms with E-state index in [4.69, 9.17) is 4.74 Å². The molecule has 1 aliphatic heterocycles. The van der Waals surface area contributed by atoms with Crippen molar-refractivity contribution in [3.05, 3.63) is 238 Å². The van der Waals surface area contributed by atoms with E-state index in [2.05, 4.69) is 209 Å². The van der Waals surface area contributed by atoms with Crippen LogP contribution in [0.2, 0.25) is 0 Å². The zero-order valence-electron chi connectivity index (χ0n) is 35.1. The molecule has 0 bridgehead atoms. The third kappa shape index (κ3) is 4.90. The first-order valence-electron chi connectivity index (χ1n) is 22.1. The molecule has 1 nitrogen and oxygen atoms in total. The van der Waals surface area contributed by atoms with E-state index >= 15 is 0 Å². The van der Waals surface area contributed by atoms with Gasteiger partial charge in [0.2, 0.25) is 0 Å². The standard InChI is InChI=1S/C60H44OS/c1-36(39-25-30-45-44-17-7-13-23-56(44)62-57(45)35-39)47(40-26-29-43-42-16-6-8-18-48(42)59(2,3)52(43)34-40)32-37-24-28-46-53(33-37)60(51-31-27-38-14-4-5-15-41(38)58(46)51)49-19-9-11-21-54(49)61-55-22-12-10-20-50(55)60/h4-31,33-36,47H,32H2,1-3H3/t36-,47?/m0/s1. The smallest absolute Gasteiger partial charge is 0.132 e. The molecular weight excluding hydrogens is 769 g/mol. The topological polar surface area (TPSA) is 9.23 Å². The Hall–Kier alpha value is -6.74. The molecule has 1 spiro atoms. The second kappa shape index (κ2) is 13.1. The minimum absolute atomic E-state index is 0.0793. The Morgan fingerprint density at radius 2 is 1.11 bits per heavy atom. The Balaban J connectivity index is 1.02. The average Bonchev–Trinajstić information content (AvgIpc) is 3.91. The first-order valence-corrected chi connectivity index (χ1v) is 22.9. The molecule has 62 heavy (non-hydrogen) atoms. The average molecular weight is 813 g/mol. The van der Waals surface area contributed by atoms with Crippen LogP contribution in [-0.4, -0.2) is 0 Å². The molecule has 0 N–H and O–H groups in total.